The minimum atomic E-state index is -0.434. The molecule has 1 aromatic carbocycles. The van der Waals surface area contributed by atoms with Gasteiger partial charge in [-0.25, -0.2) is 9.97 Å². The van der Waals surface area contributed by atoms with Gasteiger partial charge in [-0.2, -0.15) is 11.8 Å². The molecule has 0 aliphatic heterocycles. The molecule has 0 aliphatic rings. The van der Waals surface area contributed by atoms with Crippen LogP contribution in [0.25, 0.3) is 21.8 Å². The number of hydrogen-bond donors (Lipinski definition) is 2. The minimum Gasteiger partial charge on any atom is -0.321 e. The molecule has 30 heavy (non-hydrogen) atoms. The Hall–Kier alpha value is -3.30. The number of nitrogens with one attached hydrogen (secondary N) is 2. The smallest absolute Gasteiger partial charge is 0.274 e. The molecule has 3 aromatic heterocycles. The lowest BCUT2D eigenvalue weighted by Crippen LogP contribution is -2.20. The van der Waals surface area contributed by atoms with Crippen LogP contribution in [-0.2, 0) is 5.75 Å². The average molecular weight is 436 g/mol. The molecule has 0 atom stereocenters. The summed E-state index contributed by atoms with van der Waals surface area (Å²) in [4.78, 5) is 40.0. The second-order valence-electron chi connectivity index (χ2n) is 6.32. The molecular weight excluding hydrogens is 418 g/mol. The number of H-pyrrole nitrogens is 1. The number of anilines is 1. The Bertz CT molecular complexity index is 1240. The second kappa shape index (κ2) is 9.02. The van der Waals surface area contributed by atoms with Crippen LogP contribution in [0.2, 0.25) is 0 Å². The van der Waals surface area contributed by atoms with Crippen molar-refractivity contribution < 1.29 is 4.79 Å². The number of rotatable bonds is 6. The zero-order valence-electron chi connectivity index (χ0n) is 16.0. The molecule has 0 saturated heterocycles. The highest BCUT2D eigenvalue weighted by Gasteiger charge is 2.12. The number of thioether (sulfide) groups is 1. The number of hydrogen-bond acceptors (Lipinski definition) is 7. The number of thiazole rings is 1. The molecule has 0 spiro atoms. The summed E-state index contributed by atoms with van der Waals surface area (Å²) in [5.74, 6) is 0.562. The third-order valence-electron chi connectivity index (χ3n) is 4.15. The molecule has 0 radical (unpaired) electrons. The Kier molecular flexibility index (Phi) is 6.01. The van der Waals surface area contributed by atoms with E-state index in [4.69, 9.17) is 4.98 Å². The summed E-state index contributed by atoms with van der Waals surface area (Å²) in [5.41, 5.74) is 3.04. The van der Waals surface area contributed by atoms with Crippen molar-refractivity contribution in [3.63, 3.8) is 0 Å². The van der Waals surface area contributed by atoms with E-state index in [0.29, 0.717) is 17.3 Å². The molecule has 9 heteroatoms. The Labute approximate surface area is 180 Å². The summed E-state index contributed by atoms with van der Waals surface area (Å²) in [6.45, 7) is 0. The number of carbonyl (C=O) groups excluding carboxylic acids is 1. The monoisotopic (exact) mass is 435 g/mol. The largest absolute Gasteiger partial charge is 0.321 e. The van der Waals surface area contributed by atoms with Crippen molar-refractivity contribution >= 4 is 34.7 Å². The molecule has 2 N–H and O–H groups in total. The number of aromatic nitrogens is 4. The maximum atomic E-state index is 12.6. The van der Waals surface area contributed by atoms with Crippen molar-refractivity contribution in [2.45, 2.75) is 5.75 Å². The van der Waals surface area contributed by atoms with Gasteiger partial charge in [-0.1, -0.05) is 12.1 Å². The van der Waals surface area contributed by atoms with Crippen molar-refractivity contribution in [3.05, 3.63) is 82.1 Å². The van der Waals surface area contributed by atoms with E-state index in [1.807, 2.05) is 42.0 Å². The number of carbonyl (C=O) groups is 1. The Morgan fingerprint density at radius 2 is 1.97 bits per heavy atom. The van der Waals surface area contributed by atoms with E-state index in [1.165, 1.54) is 17.8 Å². The fraction of sp³-hybridized carbons (Fsp3) is 0.0952. The average Bonchev–Trinajstić information content (AvgIpc) is 3.25. The molecular formula is C21H17N5O2S2. The molecule has 150 valence electrons. The van der Waals surface area contributed by atoms with Crippen molar-refractivity contribution in [1.82, 2.24) is 19.9 Å². The number of aromatic amines is 1. The third kappa shape index (κ3) is 4.64. The van der Waals surface area contributed by atoms with Crippen LogP contribution in [0, 0.1) is 0 Å². The molecule has 3 heterocycles. The predicted octanol–water partition coefficient (Wildman–Crippen LogP) is 4.07. The molecule has 0 saturated carbocycles. The summed E-state index contributed by atoms with van der Waals surface area (Å²) in [6.07, 6.45) is 5.37. The Morgan fingerprint density at radius 1 is 1.13 bits per heavy atom. The first-order chi connectivity index (χ1) is 14.6. The van der Waals surface area contributed by atoms with E-state index in [0.717, 1.165) is 21.8 Å². The van der Waals surface area contributed by atoms with Gasteiger partial charge in [0.1, 0.15) is 16.5 Å². The normalized spacial score (nSPS) is 10.7. The summed E-state index contributed by atoms with van der Waals surface area (Å²) in [6, 6.07) is 12.4. The molecule has 0 aliphatic carbocycles. The fourth-order valence-corrected chi connectivity index (χ4v) is 4.06. The second-order valence-corrected chi connectivity index (χ2v) is 8.04. The van der Waals surface area contributed by atoms with Crippen LogP contribution >= 0.6 is 23.1 Å². The standard InChI is InChI=1S/C21H17N5O2S2/c1-29-12-18-24-16(10-19(27)26-18)20(28)23-15-4-2-3-14(9-15)17-11-30-21(25-17)13-5-7-22-8-6-13/h2-11H,12H2,1H3,(H,23,28)(H,24,26,27). The van der Waals surface area contributed by atoms with E-state index < -0.39 is 5.91 Å². The maximum Gasteiger partial charge on any atom is 0.274 e. The zero-order chi connectivity index (χ0) is 20.9. The predicted molar refractivity (Wildman–Crippen MR) is 121 cm³/mol. The van der Waals surface area contributed by atoms with Crippen molar-refractivity contribution in [2.24, 2.45) is 0 Å². The van der Waals surface area contributed by atoms with Gasteiger partial charge in [0, 0.05) is 40.7 Å². The van der Waals surface area contributed by atoms with Crippen molar-refractivity contribution in [2.75, 3.05) is 11.6 Å². The van der Waals surface area contributed by atoms with Gasteiger partial charge in [-0.15, -0.1) is 11.3 Å². The van der Waals surface area contributed by atoms with E-state index >= 15 is 0 Å². The first kappa shape index (κ1) is 20.0. The van der Waals surface area contributed by atoms with Gasteiger partial charge in [0.25, 0.3) is 11.5 Å². The van der Waals surface area contributed by atoms with Crippen LogP contribution in [0.5, 0.6) is 0 Å². The molecule has 0 fully saturated rings. The van der Waals surface area contributed by atoms with Crippen LogP contribution in [0.15, 0.2) is 65.0 Å². The fourth-order valence-electron chi connectivity index (χ4n) is 2.81. The lowest BCUT2D eigenvalue weighted by molar-refractivity contribution is 0.102. The maximum absolute atomic E-state index is 12.6. The van der Waals surface area contributed by atoms with Crippen molar-refractivity contribution in [1.29, 1.82) is 0 Å². The number of benzene rings is 1. The topological polar surface area (TPSA) is 101 Å². The van der Waals surface area contributed by atoms with E-state index in [-0.39, 0.29) is 11.3 Å². The van der Waals surface area contributed by atoms with Gasteiger partial charge in [0.2, 0.25) is 0 Å². The van der Waals surface area contributed by atoms with E-state index in [9.17, 15) is 9.59 Å². The van der Waals surface area contributed by atoms with Crippen LogP contribution in [0.1, 0.15) is 16.3 Å². The van der Waals surface area contributed by atoms with Gasteiger partial charge in [-0.3, -0.25) is 14.6 Å². The first-order valence-electron chi connectivity index (χ1n) is 8.99. The summed E-state index contributed by atoms with van der Waals surface area (Å²) < 4.78 is 0. The third-order valence-corrected chi connectivity index (χ3v) is 5.61. The van der Waals surface area contributed by atoms with Gasteiger partial charge in [0.15, 0.2) is 0 Å². The highest BCUT2D eigenvalue weighted by Crippen LogP contribution is 2.29. The first-order valence-corrected chi connectivity index (χ1v) is 11.3. The minimum absolute atomic E-state index is 0.0850. The number of nitrogens with zero attached hydrogens (tertiary/aromatic N) is 3. The molecule has 1 amide bonds. The highest BCUT2D eigenvalue weighted by molar-refractivity contribution is 7.97. The SMILES string of the molecule is CSCc1nc(C(=O)Nc2cccc(-c3csc(-c4ccncc4)n3)c2)cc(=O)[nH]1. The van der Waals surface area contributed by atoms with Gasteiger partial charge in [-0.05, 0) is 30.5 Å². The lowest BCUT2D eigenvalue weighted by Gasteiger charge is -2.07. The molecule has 4 aromatic rings. The van der Waals surface area contributed by atoms with Crippen LogP contribution in [0.3, 0.4) is 0 Å². The number of pyridine rings is 1. The highest BCUT2D eigenvalue weighted by atomic mass is 32.2. The van der Waals surface area contributed by atoms with Gasteiger partial charge < -0.3 is 10.3 Å². The molecule has 7 nitrogen and oxygen atoms in total. The van der Waals surface area contributed by atoms with Crippen LogP contribution in [-0.4, -0.2) is 32.1 Å². The van der Waals surface area contributed by atoms with Gasteiger partial charge >= 0.3 is 0 Å². The molecule has 0 bridgehead atoms. The molecule has 4 rings (SSSR count). The zero-order valence-corrected chi connectivity index (χ0v) is 17.6. The quantitative estimate of drug-likeness (QED) is 0.473. The lowest BCUT2D eigenvalue weighted by atomic mass is 10.1. The van der Waals surface area contributed by atoms with Crippen LogP contribution in [0.4, 0.5) is 5.69 Å². The summed E-state index contributed by atoms with van der Waals surface area (Å²) in [5, 5.41) is 5.68. The Morgan fingerprint density at radius 3 is 2.77 bits per heavy atom. The Balaban J connectivity index is 1.55. The van der Waals surface area contributed by atoms with Crippen molar-refractivity contribution in [3.8, 4) is 21.8 Å². The molecule has 0 unspecified atom stereocenters. The number of amides is 1. The van der Waals surface area contributed by atoms with E-state index in [2.05, 4.69) is 20.3 Å². The summed E-state index contributed by atoms with van der Waals surface area (Å²) in [7, 11) is 0. The van der Waals surface area contributed by atoms with Gasteiger partial charge in [0.05, 0.1) is 11.4 Å². The van der Waals surface area contributed by atoms with E-state index in [1.54, 1.807) is 29.8 Å². The summed E-state index contributed by atoms with van der Waals surface area (Å²) >= 11 is 3.06. The van der Waals surface area contributed by atoms with Crippen LogP contribution < -0.4 is 10.9 Å².